The predicted molar refractivity (Wildman–Crippen MR) is 84.4 cm³/mol. The van der Waals surface area contributed by atoms with Crippen molar-refractivity contribution in [3.63, 3.8) is 0 Å². The van der Waals surface area contributed by atoms with Crippen LogP contribution in [0.1, 0.15) is 46.5 Å². The maximum Gasteiger partial charge on any atom is 0.326 e. The van der Waals surface area contributed by atoms with E-state index in [0.29, 0.717) is 12.6 Å². The van der Waals surface area contributed by atoms with Crippen molar-refractivity contribution >= 4 is 5.97 Å². The average molecular weight is 300 g/mol. The van der Waals surface area contributed by atoms with Crippen molar-refractivity contribution in [1.82, 2.24) is 10.2 Å². The number of likely N-dealkylation sites (N-methyl/N-ethyl adjacent to an activating group) is 2. The van der Waals surface area contributed by atoms with Crippen molar-refractivity contribution in [2.45, 2.75) is 58.0 Å². The van der Waals surface area contributed by atoms with Crippen LogP contribution in [-0.4, -0.2) is 62.4 Å². The summed E-state index contributed by atoms with van der Waals surface area (Å²) < 4.78 is 10.8. The minimum Gasteiger partial charge on any atom is -0.465 e. The van der Waals surface area contributed by atoms with Crippen LogP contribution in [0.5, 0.6) is 0 Å². The van der Waals surface area contributed by atoms with Gasteiger partial charge in [0.1, 0.15) is 5.54 Å². The van der Waals surface area contributed by atoms with Crippen LogP contribution in [-0.2, 0) is 14.3 Å². The first-order valence-corrected chi connectivity index (χ1v) is 8.29. The maximum absolute atomic E-state index is 12.4. The molecule has 1 N–H and O–H groups in total. The zero-order valence-electron chi connectivity index (χ0n) is 14.1. The second-order valence-electron chi connectivity index (χ2n) is 5.76. The van der Waals surface area contributed by atoms with Crippen LogP contribution in [0, 0.1) is 0 Å². The third-order valence-electron chi connectivity index (χ3n) is 4.32. The van der Waals surface area contributed by atoms with Gasteiger partial charge in [0.2, 0.25) is 0 Å². The van der Waals surface area contributed by atoms with Crippen molar-refractivity contribution in [3.8, 4) is 0 Å². The van der Waals surface area contributed by atoms with Crippen molar-refractivity contribution in [2.75, 3.05) is 40.0 Å². The average Bonchev–Trinajstić information content (AvgIpc) is 2.48. The minimum absolute atomic E-state index is 0.0882. The Morgan fingerprint density at radius 3 is 2.71 bits per heavy atom. The van der Waals surface area contributed by atoms with Crippen LogP contribution in [0.3, 0.4) is 0 Å². The molecule has 5 heteroatoms. The number of rotatable bonds is 9. The first-order chi connectivity index (χ1) is 10.1. The van der Waals surface area contributed by atoms with E-state index in [9.17, 15) is 4.79 Å². The molecule has 0 radical (unpaired) electrons. The summed E-state index contributed by atoms with van der Waals surface area (Å²) in [5, 5.41) is 3.40. The topological polar surface area (TPSA) is 50.8 Å². The quantitative estimate of drug-likeness (QED) is 0.520. The van der Waals surface area contributed by atoms with Gasteiger partial charge in [0, 0.05) is 19.2 Å². The molecule has 0 bridgehead atoms. The Labute approximate surface area is 129 Å². The molecule has 21 heavy (non-hydrogen) atoms. The standard InChI is InChI=1S/C16H32N2O3/c1-5-17-16(15(19)21-7-3)10-8-9-14(13-16)18(4)11-12-20-6-2/h14,17H,5-13H2,1-4H3. The number of ether oxygens (including phenoxy) is 2. The highest BCUT2D eigenvalue weighted by molar-refractivity contribution is 5.81. The first kappa shape index (κ1) is 18.4. The molecule has 0 spiro atoms. The van der Waals surface area contributed by atoms with Crippen molar-refractivity contribution < 1.29 is 14.3 Å². The van der Waals surface area contributed by atoms with Gasteiger partial charge in [0.25, 0.3) is 0 Å². The summed E-state index contributed by atoms with van der Waals surface area (Å²) in [4.78, 5) is 14.7. The molecule has 1 fully saturated rings. The molecule has 2 atom stereocenters. The van der Waals surface area contributed by atoms with E-state index in [1.54, 1.807) is 0 Å². The Morgan fingerprint density at radius 1 is 1.33 bits per heavy atom. The Bertz CT molecular complexity index is 308. The lowest BCUT2D eigenvalue weighted by molar-refractivity contribution is -0.153. The minimum atomic E-state index is -0.506. The van der Waals surface area contributed by atoms with Gasteiger partial charge in [-0.05, 0) is 53.1 Å². The number of nitrogens with zero attached hydrogens (tertiary/aromatic N) is 1. The molecule has 1 aliphatic rings. The van der Waals surface area contributed by atoms with E-state index in [2.05, 4.69) is 17.3 Å². The molecule has 1 aliphatic carbocycles. The molecular formula is C16H32N2O3. The highest BCUT2D eigenvalue weighted by atomic mass is 16.5. The Morgan fingerprint density at radius 2 is 2.10 bits per heavy atom. The molecule has 0 aliphatic heterocycles. The first-order valence-electron chi connectivity index (χ1n) is 8.29. The fourth-order valence-corrected chi connectivity index (χ4v) is 3.18. The summed E-state index contributed by atoms with van der Waals surface area (Å²) in [7, 11) is 2.12. The number of carbonyl (C=O) groups excluding carboxylic acids is 1. The molecule has 0 aromatic rings. The molecule has 0 heterocycles. The van der Waals surface area contributed by atoms with Gasteiger partial charge in [-0.2, -0.15) is 0 Å². The maximum atomic E-state index is 12.4. The monoisotopic (exact) mass is 300 g/mol. The summed E-state index contributed by atoms with van der Waals surface area (Å²) in [6.45, 7) is 9.56. The van der Waals surface area contributed by atoms with E-state index < -0.39 is 5.54 Å². The van der Waals surface area contributed by atoms with E-state index in [0.717, 1.165) is 52.0 Å². The summed E-state index contributed by atoms with van der Waals surface area (Å²) in [6.07, 6.45) is 3.88. The molecule has 1 saturated carbocycles. The molecule has 0 aromatic carbocycles. The summed E-state index contributed by atoms with van der Waals surface area (Å²) >= 11 is 0. The fourth-order valence-electron chi connectivity index (χ4n) is 3.18. The lowest BCUT2D eigenvalue weighted by Gasteiger charge is -2.42. The Balaban J connectivity index is 2.66. The molecule has 5 nitrogen and oxygen atoms in total. The van der Waals surface area contributed by atoms with Gasteiger partial charge in [0.15, 0.2) is 0 Å². The van der Waals surface area contributed by atoms with Crippen molar-refractivity contribution in [2.24, 2.45) is 0 Å². The van der Waals surface area contributed by atoms with Crippen LogP contribution in [0.15, 0.2) is 0 Å². The van der Waals surface area contributed by atoms with E-state index in [4.69, 9.17) is 9.47 Å². The molecule has 0 saturated heterocycles. The molecule has 0 amide bonds. The van der Waals surface area contributed by atoms with Crippen LogP contribution >= 0.6 is 0 Å². The largest absolute Gasteiger partial charge is 0.465 e. The third-order valence-corrected chi connectivity index (χ3v) is 4.32. The van der Waals surface area contributed by atoms with Gasteiger partial charge >= 0.3 is 5.97 Å². The van der Waals surface area contributed by atoms with E-state index >= 15 is 0 Å². The molecule has 1 rings (SSSR count). The van der Waals surface area contributed by atoms with E-state index in [1.165, 1.54) is 0 Å². The summed E-state index contributed by atoms with van der Waals surface area (Å²) in [6, 6.07) is 0.405. The van der Waals surface area contributed by atoms with Gasteiger partial charge in [-0.25, -0.2) is 0 Å². The number of nitrogens with one attached hydrogen (secondary N) is 1. The van der Waals surface area contributed by atoms with Gasteiger partial charge < -0.3 is 19.7 Å². The molecule has 0 aromatic heterocycles. The third kappa shape index (κ3) is 5.24. The summed E-state index contributed by atoms with van der Waals surface area (Å²) in [5.41, 5.74) is -0.506. The van der Waals surface area contributed by atoms with Gasteiger partial charge in [-0.3, -0.25) is 4.79 Å². The highest BCUT2D eigenvalue weighted by Gasteiger charge is 2.44. The van der Waals surface area contributed by atoms with E-state index in [-0.39, 0.29) is 5.97 Å². The number of hydrogen-bond acceptors (Lipinski definition) is 5. The SMILES string of the molecule is CCNC1(C(=O)OCC)CCCC(N(C)CCOCC)C1. The fraction of sp³-hybridized carbons (Fsp3) is 0.938. The second kappa shape index (κ2) is 9.38. The lowest BCUT2D eigenvalue weighted by atomic mass is 9.78. The van der Waals surface area contributed by atoms with Crippen LogP contribution in [0.2, 0.25) is 0 Å². The van der Waals surface area contributed by atoms with Gasteiger partial charge in [-0.15, -0.1) is 0 Å². The summed E-state index contributed by atoms with van der Waals surface area (Å²) in [5.74, 6) is -0.0882. The zero-order chi connectivity index (χ0) is 15.7. The molecule has 2 unspecified atom stereocenters. The highest BCUT2D eigenvalue weighted by Crippen LogP contribution is 2.32. The number of hydrogen-bond donors (Lipinski definition) is 1. The van der Waals surface area contributed by atoms with E-state index in [1.807, 2.05) is 20.8 Å². The molecular weight excluding hydrogens is 268 g/mol. The molecule has 124 valence electrons. The normalized spacial score (nSPS) is 26.0. The predicted octanol–water partition coefficient (Wildman–Crippen LogP) is 1.81. The van der Waals surface area contributed by atoms with Gasteiger partial charge in [-0.1, -0.05) is 6.92 Å². The Kier molecular flexibility index (Phi) is 8.22. The van der Waals surface area contributed by atoms with Crippen LogP contribution in [0.25, 0.3) is 0 Å². The number of esters is 1. The Hall–Kier alpha value is -0.650. The van der Waals surface area contributed by atoms with Crippen LogP contribution < -0.4 is 5.32 Å². The van der Waals surface area contributed by atoms with Crippen molar-refractivity contribution in [3.05, 3.63) is 0 Å². The van der Waals surface area contributed by atoms with Gasteiger partial charge in [0.05, 0.1) is 13.2 Å². The van der Waals surface area contributed by atoms with Crippen molar-refractivity contribution in [1.29, 1.82) is 0 Å². The van der Waals surface area contributed by atoms with Crippen LogP contribution in [0.4, 0.5) is 0 Å². The lowest BCUT2D eigenvalue weighted by Crippen LogP contribution is -2.58. The number of carbonyl (C=O) groups is 1. The second-order valence-corrected chi connectivity index (χ2v) is 5.76. The smallest absolute Gasteiger partial charge is 0.326 e. The zero-order valence-corrected chi connectivity index (χ0v) is 14.1.